The van der Waals surface area contributed by atoms with Gasteiger partial charge < -0.3 is 10.1 Å². The summed E-state index contributed by atoms with van der Waals surface area (Å²) in [5.74, 6) is -3.07. The van der Waals surface area contributed by atoms with Gasteiger partial charge in [-0.15, -0.1) is 0 Å². The third-order valence-corrected chi connectivity index (χ3v) is 6.95. The van der Waals surface area contributed by atoms with Crippen molar-refractivity contribution in [1.82, 2.24) is 4.31 Å². The maximum absolute atomic E-state index is 14.2. The lowest BCUT2D eigenvalue weighted by Gasteiger charge is -2.19. The summed E-state index contributed by atoms with van der Waals surface area (Å²) in [6.07, 6.45) is 0. The average molecular weight is 485 g/mol. The number of nitrogens with one attached hydrogen (secondary N) is 1. The minimum absolute atomic E-state index is 0.0640. The van der Waals surface area contributed by atoms with Crippen molar-refractivity contribution in [3.63, 3.8) is 0 Å². The zero-order chi connectivity index (χ0) is 24.1. The van der Waals surface area contributed by atoms with E-state index in [1.807, 2.05) is 0 Å². The molecular formula is C21H22ClFN2O6S. The van der Waals surface area contributed by atoms with Crippen LogP contribution in [0.5, 0.6) is 0 Å². The monoisotopic (exact) mass is 484 g/mol. The molecule has 0 aliphatic rings. The molecule has 0 aliphatic heterocycles. The van der Waals surface area contributed by atoms with Crippen molar-refractivity contribution < 1.29 is 31.9 Å². The van der Waals surface area contributed by atoms with Gasteiger partial charge in [-0.3, -0.25) is 9.59 Å². The summed E-state index contributed by atoms with van der Waals surface area (Å²) in [6, 6.07) is 7.05. The first kappa shape index (κ1) is 25.4. The largest absolute Gasteiger partial charge is 0.454 e. The van der Waals surface area contributed by atoms with E-state index < -0.39 is 40.1 Å². The number of esters is 1. The topological polar surface area (TPSA) is 110 Å². The summed E-state index contributed by atoms with van der Waals surface area (Å²) >= 11 is 6.03. The van der Waals surface area contributed by atoms with Crippen molar-refractivity contribution in [2.24, 2.45) is 0 Å². The van der Waals surface area contributed by atoms with Gasteiger partial charge in [0.25, 0.3) is 0 Å². The fourth-order valence-electron chi connectivity index (χ4n) is 2.85. The van der Waals surface area contributed by atoms with Crippen LogP contribution in [0.15, 0.2) is 41.3 Å². The Morgan fingerprint density at radius 2 is 1.75 bits per heavy atom. The van der Waals surface area contributed by atoms with E-state index in [0.29, 0.717) is 0 Å². The van der Waals surface area contributed by atoms with Crippen molar-refractivity contribution >= 4 is 45.0 Å². The molecule has 32 heavy (non-hydrogen) atoms. The first-order valence-corrected chi connectivity index (χ1v) is 11.4. The highest BCUT2D eigenvalue weighted by Gasteiger charge is 2.26. The molecule has 0 atom stereocenters. The Hall–Kier alpha value is -2.82. The Balaban J connectivity index is 2.17. The van der Waals surface area contributed by atoms with Crippen molar-refractivity contribution in [2.75, 3.05) is 25.0 Å². The van der Waals surface area contributed by atoms with Gasteiger partial charge in [0, 0.05) is 25.7 Å². The summed E-state index contributed by atoms with van der Waals surface area (Å²) in [6.45, 7) is 4.25. The number of ether oxygens (including phenoxy) is 1. The number of rotatable bonds is 9. The molecule has 0 spiro atoms. The van der Waals surface area contributed by atoms with E-state index in [2.05, 4.69) is 5.32 Å². The predicted octanol–water partition coefficient (Wildman–Crippen LogP) is 3.51. The predicted molar refractivity (Wildman–Crippen MR) is 117 cm³/mol. The maximum Gasteiger partial charge on any atom is 0.338 e. The summed E-state index contributed by atoms with van der Waals surface area (Å²) in [5.41, 5.74) is -0.283. The molecule has 0 radical (unpaired) electrons. The minimum atomic E-state index is -3.93. The molecule has 0 bridgehead atoms. The third-order valence-electron chi connectivity index (χ3n) is 4.41. The molecule has 2 rings (SSSR count). The van der Waals surface area contributed by atoms with E-state index in [4.69, 9.17) is 16.3 Å². The summed E-state index contributed by atoms with van der Waals surface area (Å²) in [5, 5.41) is 2.32. The first-order valence-electron chi connectivity index (χ1n) is 9.58. The van der Waals surface area contributed by atoms with Gasteiger partial charge in [-0.05, 0) is 36.4 Å². The van der Waals surface area contributed by atoms with Crippen LogP contribution in [0.4, 0.5) is 10.1 Å². The van der Waals surface area contributed by atoms with E-state index in [0.717, 1.165) is 18.2 Å². The lowest BCUT2D eigenvalue weighted by atomic mass is 10.1. The number of nitrogens with zero attached hydrogens (tertiary/aromatic N) is 1. The second-order valence-electron chi connectivity index (χ2n) is 6.61. The van der Waals surface area contributed by atoms with Crippen LogP contribution in [0.25, 0.3) is 0 Å². The molecule has 8 nitrogen and oxygen atoms in total. The highest BCUT2D eigenvalue weighted by atomic mass is 35.5. The number of Topliss-reactive ketones (excluding diaryl/α,β-unsaturated/α-hetero) is 1. The van der Waals surface area contributed by atoms with Gasteiger partial charge in [0.05, 0.1) is 16.1 Å². The maximum atomic E-state index is 14.2. The van der Waals surface area contributed by atoms with Crippen molar-refractivity contribution in [3.05, 3.63) is 58.4 Å². The Bertz CT molecular complexity index is 1150. The first-order chi connectivity index (χ1) is 15.0. The van der Waals surface area contributed by atoms with Crippen molar-refractivity contribution in [3.8, 4) is 0 Å². The quantitative estimate of drug-likeness (QED) is 0.431. The van der Waals surface area contributed by atoms with E-state index >= 15 is 0 Å². The van der Waals surface area contributed by atoms with Gasteiger partial charge in [0.2, 0.25) is 21.7 Å². The molecule has 172 valence electrons. The average Bonchev–Trinajstić information content (AvgIpc) is 2.72. The molecule has 0 saturated heterocycles. The number of hydrogen-bond acceptors (Lipinski definition) is 6. The second-order valence-corrected chi connectivity index (χ2v) is 8.92. The summed E-state index contributed by atoms with van der Waals surface area (Å²) in [4.78, 5) is 35.4. The highest BCUT2D eigenvalue weighted by molar-refractivity contribution is 7.89. The van der Waals surface area contributed by atoms with Gasteiger partial charge in [-0.2, -0.15) is 4.31 Å². The molecular weight excluding hydrogens is 463 g/mol. The number of hydrogen-bond donors (Lipinski definition) is 1. The van der Waals surface area contributed by atoms with E-state index in [-0.39, 0.29) is 39.8 Å². The van der Waals surface area contributed by atoms with E-state index in [9.17, 15) is 27.2 Å². The van der Waals surface area contributed by atoms with Crippen molar-refractivity contribution in [1.29, 1.82) is 0 Å². The normalized spacial score (nSPS) is 11.3. The zero-order valence-electron chi connectivity index (χ0n) is 17.6. The number of benzene rings is 2. The lowest BCUT2D eigenvalue weighted by molar-refractivity contribution is -0.114. The number of carbonyl (C=O) groups is 3. The molecule has 1 amide bonds. The zero-order valence-corrected chi connectivity index (χ0v) is 19.2. The third kappa shape index (κ3) is 5.90. The van der Waals surface area contributed by atoms with Crippen molar-refractivity contribution in [2.45, 2.75) is 25.7 Å². The van der Waals surface area contributed by atoms with Crippen LogP contribution in [0.1, 0.15) is 41.5 Å². The molecule has 0 fully saturated rings. The highest BCUT2D eigenvalue weighted by Crippen LogP contribution is 2.26. The van der Waals surface area contributed by atoms with Crippen LogP contribution in [-0.4, -0.2) is 50.1 Å². The van der Waals surface area contributed by atoms with Crippen LogP contribution in [0, 0.1) is 5.82 Å². The number of carbonyl (C=O) groups excluding carboxylic acids is 3. The Morgan fingerprint density at radius 1 is 1.09 bits per heavy atom. The molecule has 0 saturated carbocycles. The SMILES string of the molecule is CCN(CC)S(=O)(=O)c1cc(C(=O)OCC(=O)c2ccc(NC(C)=O)cc2F)ccc1Cl. The molecule has 0 aromatic heterocycles. The molecule has 2 aromatic carbocycles. The minimum Gasteiger partial charge on any atom is -0.454 e. The smallest absolute Gasteiger partial charge is 0.338 e. The van der Waals surface area contributed by atoms with Crippen LogP contribution in [0.2, 0.25) is 5.02 Å². The fraction of sp³-hybridized carbons (Fsp3) is 0.286. The number of anilines is 1. The summed E-state index contributed by atoms with van der Waals surface area (Å²) < 4.78 is 45.8. The van der Waals surface area contributed by atoms with Crippen LogP contribution in [0.3, 0.4) is 0 Å². The second kappa shape index (κ2) is 10.7. The number of sulfonamides is 1. The standard InChI is InChI=1S/C21H22ClFN2O6S/c1-4-25(5-2)32(29,30)20-10-14(6-9-17(20)22)21(28)31-12-19(27)16-8-7-15(11-18(16)23)24-13(3)26/h6-11H,4-5,12H2,1-3H3,(H,24,26). The molecule has 2 aromatic rings. The van der Waals surface area contributed by atoms with Gasteiger partial charge in [-0.25, -0.2) is 17.6 Å². The summed E-state index contributed by atoms with van der Waals surface area (Å²) in [7, 11) is -3.93. The fourth-order valence-corrected chi connectivity index (χ4v) is 4.80. The van der Waals surface area contributed by atoms with Gasteiger partial charge >= 0.3 is 5.97 Å². The molecule has 0 unspecified atom stereocenters. The van der Waals surface area contributed by atoms with Crippen LogP contribution < -0.4 is 5.32 Å². The molecule has 1 N–H and O–H groups in total. The van der Waals surface area contributed by atoms with E-state index in [1.165, 1.54) is 29.4 Å². The number of ketones is 1. The molecule has 0 aliphatic carbocycles. The Morgan fingerprint density at radius 3 is 2.31 bits per heavy atom. The van der Waals surface area contributed by atoms with Crippen LogP contribution >= 0.6 is 11.6 Å². The van der Waals surface area contributed by atoms with Gasteiger partial charge in [0.1, 0.15) is 10.7 Å². The molecule has 11 heteroatoms. The van der Waals surface area contributed by atoms with Gasteiger partial charge in [-0.1, -0.05) is 25.4 Å². The molecule has 0 heterocycles. The number of amides is 1. The Labute approximate surface area is 190 Å². The van der Waals surface area contributed by atoms with E-state index in [1.54, 1.807) is 13.8 Å². The number of halogens is 2. The van der Waals surface area contributed by atoms with Gasteiger partial charge in [0.15, 0.2) is 6.61 Å². The van der Waals surface area contributed by atoms with Crippen LogP contribution in [-0.2, 0) is 19.6 Å². The lowest BCUT2D eigenvalue weighted by Crippen LogP contribution is -2.31. The Kier molecular flexibility index (Phi) is 8.48.